The number of ketones is 1. The van der Waals surface area contributed by atoms with Gasteiger partial charge in [0.05, 0.1) is 6.54 Å². The highest BCUT2D eigenvalue weighted by Crippen LogP contribution is 2.25. The van der Waals surface area contributed by atoms with Crippen LogP contribution in [0.5, 0.6) is 0 Å². The van der Waals surface area contributed by atoms with Crippen molar-refractivity contribution in [2.75, 3.05) is 26.0 Å². The molecule has 1 aliphatic carbocycles. The fourth-order valence-electron chi connectivity index (χ4n) is 2.47. The van der Waals surface area contributed by atoms with E-state index in [4.69, 9.17) is 5.11 Å². The normalized spacial score (nSPS) is 15.3. The monoisotopic (exact) mass is 293 g/mol. The van der Waals surface area contributed by atoms with Crippen LogP contribution in [0.3, 0.4) is 0 Å². The number of carbonyl (C=O) groups is 1. The van der Waals surface area contributed by atoms with Gasteiger partial charge in [0.2, 0.25) is 0 Å². The Hall–Kier alpha value is -0.840. The quantitative estimate of drug-likeness (QED) is 0.591. The van der Waals surface area contributed by atoms with Crippen LogP contribution in [-0.2, 0) is 0 Å². The summed E-state index contributed by atoms with van der Waals surface area (Å²) in [7, 11) is 0. The summed E-state index contributed by atoms with van der Waals surface area (Å²) in [4.78, 5) is 15.8. The predicted molar refractivity (Wildman–Crippen MR) is 83.5 cm³/mol. The van der Waals surface area contributed by atoms with E-state index in [0.29, 0.717) is 12.6 Å². The molecule has 1 aliphatic rings. The lowest BCUT2D eigenvalue weighted by Crippen LogP contribution is -2.43. The summed E-state index contributed by atoms with van der Waals surface area (Å²) in [5.74, 6) is 0.183. The molecule has 0 atom stereocenters. The van der Waals surface area contributed by atoms with Crippen LogP contribution in [0.15, 0.2) is 29.2 Å². The molecule has 0 aromatic heterocycles. The minimum atomic E-state index is 0.183. The molecule has 1 fully saturated rings. The van der Waals surface area contributed by atoms with Crippen molar-refractivity contribution in [1.82, 2.24) is 4.90 Å². The third-order valence-corrected chi connectivity index (χ3v) is 4.70. The Morgan fingerprint density at radius 2 is 2.05 bits per heavy atom. The van der Waals surface area contributed by atoms with Gasteiger partial charge in [-0.15, -0.1) is 11.8 Å². The zero-order chi connectivity index (χ0) is 14.4. The second-order valence-corrected chi connectivity index (χ2v) is 6.16. The standard InChI is InChI=1S/C16H23NO2S/c1-20-15-8-6-13(7-9-15)16(19)12-17(10-3-11-18)14-4-2-5-14/h6-9,14,18H,2-5,10-12H2,1H3. The van der Waals surface area contributed by atoms with Crippen molar-refractivity contribution in [2.45, 2.75) is 36.6 Å². The minimum absolute atomic E-state index is 0.183. The lowest BCUT2D eigenvalue weighted by atomic mass is 9.91. The smallest absolute Gasteiger partial charge is 0.176 e. The number of rotatable bonds is 8. The summed E-state index contributed by atoms with van der Waals surface area (Å²) < 4.78 is 0. The van der Waals surface area contributed by atoms with Crippen molar-refractivity contribution in [3.05, 3.63) is 29.8 Å². The van der Waals surface area contributed by atoms with E-state index < -0.39 is 0 Å². The fraction of sp³-hybridized carbons (Fsp3) is 0.562. The molecule has 2 rings (SSSR count). The van der Waals surface area contributed by atoms with Crippen LogP contribution in [0.2, 0.25) is 0 Å². The molecule has 20 heavy (non-hydrogen) atoms. The molecule has 1 aromatic rings. The number of hydrogen-bond acceptors (Lipinski definition) is 4. The molecule has 0 amide bonds. The van der Waals surface area contributed by atoms with Crippen LogP contribution >= 0.6 is 11.8 Å². The maximum absolute atomic E-state index is 12.4. The molecule has 0 heterocycles. The van der Waals surface area contributed by atoms with E-state index in [-0.39, 0.29) is 12.4 Å². The minimum Gasteiger partial charge on any atom is -0.396 e. The number of thioether (sulfide) groups is 1. The fourth-order valence-corrected chi connectivity index (χ4v) is 2.88. The van der Waals surface area contributed by atoms with Crippen LogP contribution < -0.4 is 0 Å². The average molecular weight is 293 g/mol. The molecule has 0 unspecified atom stereocenters. The van der Waals surface area contributed by atoms with Crippen molar-refractivity contribution in [1.29, 1.82) is 0 Å². The van der Waals surface area contributed by atoms with Crippen molar-refractivity contribution in [2.24, 2.45) is 0 Å². The van der Waals surface area contributed by atoms with Gasteiger partial charge in [-0.25, -0.2) is 0 Å². The number of benzene rings is 1. The van der Waals surface area contributed by atoms with E-state index >= 15 is 0 Å². The average Bonchev–Trinajstić information content (AvgIpc) is 2.42. The second-order valence-electron chi connectivity index (χ2n) is 5.28. The Balaban J connectivity index is 1.95. The molecule has 4 heteroatoms. The number of hydrogen-bond donors (Lipinski definition) is 1. The van der Waals surface area contributed by atoms with Crippen LogP contribution in [-0.4, -0.2) is 47.8 Å². The molecule has 1 N–H and O–H groups in total. The van der Waals surface area contributed by atoms with Gasteiger partial charge in [-0.3, -0.25) is 9.69 Å². The van der Waals surface area contributed by atoms with Gasteiger partial charge in [0.25, 0.3) is 0 Å². The molecule has 110 valence electrons. The van der Waals surface area contributed by atoms with Crippen LogP contribution in [0.25, 0.3) is 0 Å². The lowest BCUT2D eigenvalue weighted by molar-refractivity contribution is 0.0788. The second kappa shape index (κ2) is 7.81. The maximum Gasteiger partial charge on any atom is 0.176 e. The highest BCUT2D eigenvalue weighted by Gasteiger charge is 2.26. The topological polar surface area (TPSA) is 40.5 Å². The van der Waals surface area contributed by atoms with E-state index in [2.05, 4.69) is 4.90 Å². The molecule has 0 bridgehead atoms. The van der Waals surface area contributed by atoms with Crippen molar-refractivity contribution in [3.63, 3.8) is 0 Å². The van der Waals surface area contributed by atoms with E-state index in [1.165, 1.54) is 24.2 Å². The van der Waals surface area contributed by atoms with Gasteiger partial charge in [0.15, 0.2) is 5.78 Å². The van der Waals surface area contributed by atoms with Crippen molar-refractivity contribution < 1.29 is 9.90 Å². The van der Waals surface area contributed by atoms with E-state index in [1.54, 1.807) is 11.8 Å². The van der Waals surface area contributed by atoms with Gasteiger partial charge in [-0.1, -0.05) is 18.6 Å². The van der Waals surface area contributed by atoms with Crippen LogP contribution in [0.4, 0.5) is 0 Å². The molecule has 1 saturated carbocycles. The highest BCUT2D eigenvalue weighted by molar-refractivity contribution is 7.98. The molecular weight excluding hydrogens is 270 g/mol. The zero-order valence-electron chi connectivity index (χ0n) is 12.0. The number of aliphatic hydroxyl groups excluding tert-OH is 1. The van der Waals surface area contributed by atoms with Crippen LogP contribution in [0, 0.1) is 0 Å². The molecule has 0 saturated heterocycles. The third kappa shape index (κ3) is 4.08. The van der Waals surface area contributed by atoms with Gasteiger partial charge in [0, 0.05) is 29.7 Å². The Labute approximate surface area is 125 Å². The molecule has 0 aliphatic heterocycles. The van der Waals surface area contributed by atoms with Gasteiger partial charge < -0.3 is 5.11 Å². The van der Waals surface area contributed by atoms with Gasteiger partial charge in [0.1, 0.15) is 0 Å². The predicted octanol–water partition coefficient (Wildman–Crippen LogP) is 2.83. The maximum atomic E-state index is 12.4. The summed E-state index contributed by atoms with van der Waals surface area (Å²) in [6, 6.07) is 8.37. The Bertz CT molecular complexity index is 429. The Kier molecular flexibility index (Phi) is 6.07. The molecular formula is C16H23NO2S. The Morgan fingerprint density at radius 1 is 1.35 bits per heavy atom. The largest absolute Gasteiger partial charge is 0.396 e. The summed E-state index contributed by atoms with van der Waals surface area (Å²) >= 11 is 1.68. The molecule has 1 aromatic carbocycles. The SMILES string of the molecule is CSc1ccc(C(=O)CN(CCCO)C2CCC2)cc1. The highest BCUT2D eigenvalue weighted by atomic mass is 32.2. The Morgan fingerprint density at radius 3 is 2.55 bits per heavy atom. The van der Waals surface area contributed by atoms with Crippen molar-refractivity contribution in [3.8, 4) is 0 Å². The number of carbonyl (C=O) groups excluding carboxylic acids is 1. The lowest BCUT2D eigenvalue weighted by Gasteiger charge is -2.37. The summed E-state index contributed by atoms with van der Waals surface area (Å²) in [6.07, 6.45) is 6.41. The number of nitrogens with zero attached hydrogens (tertiary/aromatic N) is 1. The summed E-state index contributed by atoms with van der Waals surface area (Å²) in [6.45, 7) is 1.49. The van der Waals surface area contributed by atoms with Crippen LogP contribution in [0.1, 0.15) is 36.0 Å². The zero-order valence-corrected chi connectivity index (χ0v) is 12.9. The van der Waals surface area contributed by atoms with Gasteiger partial charge in [-0.2, -0.15) is 0 Å². The first kappa shape index (κ1) is 15.5. The molecule has 0 radical (unpaired) electrons. The van der Waals surface area contributed by atoms with E-state index in [9.17, 15) is 4.79 Å². The number of Topliss-reactive ketones (excluding diaryl/α,β-unsaturated/α-hetero) is 1. The first-order valence-electron chi connectivity index (χ1n) is 7.26. The summed E-state index contributed by atoms with van der Waals surface area (Å²) in [5, 5.41) is 8.98. The van der Waals surface area contributed by atoms with E-state index in [0.717, 1.165) is 18.5 Å². The van der Waals surface area contributed by atoms with E-state index in [1.807, 2.05) is 30.5 Å². The summed E-state index contributed by atoms with van der Waals surface area (Å²) in [5.41, 5.74) is 0.788. The molecule has 0 spiro atoms. The first-order chi connectivity index (χ1) is 9.74. The molecule has 3 nitrogen and oxygen atoms in total. The van der Waals surface area contributed by atoms with Crippen molar-refractivity contribution >= 4 is 17.5 Å². The number of aliphatic hydroxyl groups is 1. The van der Waals surface area contributed by atoms with Gasteiger partial charge >= 0.3 is 0 Å². The third-order valence-electron chi connectivity index (χ3n) is 3.95. The van der Waals surface area contributed by atoms with Gasteiger partial charge in [-0.05, 0) is 37.7 Å². The first-order valence-corrected chi connectivity index (χ1v) is 8.49.